The highest BCUT2D eigenvalue weighted by atomic mass is 16.5. The maximum atomic E-state index is 11.7. The summed E-state index contributed by atoms with van der Waals surface area (Å²) in [5, 5.41) is 9.20. The molecule has 37 heavy (non-hydrogen) atoms. The smallest absolute Gasteiger partial charge is 0.248 e. The van der Waals surface area contributed by atoms with Gasteiger partial charge >= 0.3 is 0 Å². The van der Waals surface area contributed by atoms with Crippen LogP contribution < -0.4 is 32.2 Å². The Bertz CT molecular complexity index is 1180. The number of hydrogen-bond donors (Lipinski definition) is 5. The van der Waals surface area contributed by atoms with E-state index in [1.165, 1.54) is 25.6 Å². The van der Waals surface area contributed by atoms with E-state index in [2.05, 4.69) is 44.1 Å². The number of nitrogens with zero attached hydrogens (tertiary/aromatic N) is 3. The number of carbonyl (C=O) groups is 2. The third kappa shape index (κ3) is 8.49. The van der Waals surface area contributed by atoms with Gasteiger partial charge in [-0.3, -0.25) is 14.6 Å². The number of primary amides is 1. The number of ether oxygens (including phenoxy) is 1. The number of aromatic nitrogens is 2. The molecule has 11 nitrogen and oxygen atoms in total. The normalized spacial score (nSPS) is 12.0. The summed E-state index contributed by atoms with van der Waals surface area (Å²) in [4.78, 5) is 36.5. The second-order valence-corrected chi connectivity index (χ2v) is 7.97. The van der Waals surface area contributed by atoms with E-state index in [-0.39, 0.29) is 23.4 Å². The van der Waals surface area contributed by atoms with Crippen molar-refractivity contribution in [2.24, 2.45) is 16.5 Å². The average molecular weight is 507 g/mol. The zero-order chi connectivity index (χ0) is 27.2. The SMILES string of the molecule is C=CCCC(CCNC=C)N=CC(=CN)Nc1ncc(C=O)c(Nc2c(C)cc(C(N)=O)cc2OC)n1. The van der Waals surface area contributed by atoms with Crippen molar-refractivity contribution in [2.45, 2.75) is 32.2 Å². The number of nitrogens with one attached hydrogen (secondary N) is 3. The highest BCUT2D eigenvalue weighted by molar-refractivity contribution is 5.95. The highest BCUT2D eigenvalue weighted by Crippen LogP contribution is 2.33. The van der Waals surface area contributed by atoms with Gasteiger partial charge in [0.25, 0.3) is 0 Å². The topological polar surface area (TPSA) is 170 Å². The maximum Gasteiger partial charge on any atom is 0.248 e. The largest absolute Gasteiger partial charge is 0.495 e. The lowest BCUT2D eigenvalue weighted by atomic mass is 10.1. The van der Waals surface area contributed by atoms with Crippen LogP contribution >= 0.6 is 0 Å². The van der Waals surface area contributed by atoms with Crippen molar-refractivity contribution < 1.29 is 14.3 Å². The lowest BCUT2D eigenvalue weighted by Gasteiger charge is -2.16. The quantitative estimate of drug-likeness (QED) is 0.0993. The molecule has 2 rings (SSSR count). The molecule has 0 saturated heterocycles. The molecule has 1 atom stereocenters. The molecule has 1 aromatic heterocycles. The number of aliphatic imine (C=N–C) groups is 1. The number of allylic oxidation sites excluding steroid dienone is 2. The summed E-state index contributed by atoms with van der Waals surface area (Å²) in [7, 11) is 1.46. The molecule has 0 radical (unpaired) electrons. The van der Waals surface area contributed by atoms with Gasteiger partial charge in [-0.15, -0.1) is 6.58 Å². The van der Waals surface area contributed by atoms with Crippen molar-refractivity contribution >= 4 is 35.9 Å². The Morgan fingerprint density at radius 3 is 2.70 bits per heavy atom. The second-order valence-electron chi connectivity index (χ2n) is 7.97. The van der Waals surface area contributed by atoms with Crippen LogP contribution in [0.4, 0.5) is 17.5 Å². The first-order valence-corrected chi connectivity index (χ1v) is 11.6. The van der Waals surface area contributed by atoms with Crippen molar-refractivity contribution in [3.05, 3.63) is 72.4 Å². The number of rotatable bonds is 16. The molecule has 0 fully saturated rings. The van der Waals surface area contributed by atoms with Crippen molar-refractivity contribution in [2.75, 3.05) is 24.3 Å². The van der Waals surface area contributed by atoms with Crippen LogP contribution in [-0.4, -0.2) is 48.1 Å². The van der Waals surface area contributed by atoms with Crippen LogP contribution in [0.15, 0.2) is 60.7 Å². The fourth-order valence-electron chi connectivity index (χ4n) is 3.36. The Hall–Kier alpha value is -4.67. The Morgan fingerprint density at radius 2 is 2.08 bits per heavy atom. The minimum Gasteiger partial charge on any atom is -0.495 e. The molecule has 2 aromatic rings. The van der Waals surface area contributed by atoms with Gasteiger partial charge in [0.2, 0.25) is 11.9 Å². The number of aryl methyl sites for hydroxylation is 1. The van der Waals surface area contributed by atoms with Gasteiger partial charge in [-0.2, -0.15) is 4.98 Å². The molecule has 0 aliphatic heterocycles. The van der Waals surface area contributed by atoms with Crippen LogP contribution in [0.1, 0.15) is 45.5 Å². The number of anilines is 3. The molecule has 1 unspecified atom stereocenters. The predicted molar refractivity (Wildman–Crippen MR) is 147 cm³/mol. The molecule has 0 spiro atoms. The van der Waals surface area contributed by atoms with E-state index >= 15 is 0 Å². The Labute approximate surface area is 216 Å². The first-order valence-electron chi connectivity index (χ1n) is 11.6. The summed E-state index contributed by atoms with van der Waals surface area (Å²) in [6.45, 7) is 9.95. The monoisotopic (exact) mass is 506 g/mol. The Morgan fingerprint density at radius 1 is 1.30 bits per heavy atom. The second kappa shape index (κ2) is 14.7. The lowest BCUT2D eigenvalue weighted by Crippen LogP contribution is -2.16. The van der Waals surface area contributed by atoms with Crippen molar-refractivity contribution in [1.82, 2.24) is 15.3 Å². The van der Waals surface area contributed by atoms with Crippen molar-refractivity contribution in [1.29, 1.82) is 0 Å². The highest BCUT2D eigenvalue weighted by Gasteiger charge is 2.15. The molecule has 0 saturated carbocycles. The first-order chi connectivity index (χ1) is 17.9. The molecule has 0 aliphatic rings. The average Bonchev–Trinajstić information content (AvgIpc) is 2.90. The van der Waals surface area contributed by atoms with Crippen LogP contribution in [0.25, 0.3) is 0 Å². The summed E-state index contributed by atoms with van der Waals surface area (Å²) in [5.74, 6) is 0.206. The molecular weight excluding hydrogens is 472 g/mol. The van der Waals surface area contributed by atoms with Gasteiger partial charge in [-0.1, -0.05) is 12.7 Å². The number of methoxy groups -OCH3 is 1. The zero-order valence-corrected chi connectivity index (χ0v) is 21.2. The van der Waals surface area contributed by atoms with Crippen molar-refractivity contribution in [3.8, 4) is 5.75 Å². The summed E-state index contributed by atoms with van der Waals surface area (Å²) in [6, 6.07) is 3.18. The molecule has 0 bridgehead atoms. The van der Waals surface area contributed by atoms with Crippen LogP contribution in [0.5, 0.6) is 5.75 Å². The standard InChI is InChI=1S/C26H34N8O3/c1-5-7-8-20(9-10-29-6-2)30-15-21(13-27)32-26-31-14-19(16-35)25(34-26)33-23-17(3)11-18(24(28)36)12-22(23)37-4/h5-6,11-16,20,29H,1-2,7-10,27H2,3-4H3,(H2,28,36)(H2,31,32,33,34). The number of amides is 1. The molecule has 1 amide bonds. The molecule has 7 N–H and O–H groups in total. The Kier molecular flexibility index (Phi) is 11.3. The minimum absolute atomic E-state index is 0.0524. The van der Waals surface area contributed by atoms with E-state index in [0.717, 1.165) is 25.8 Å². The number of nitrogens with two attached hydrogens (primary N) is 2. The van der Waals surface area contributed by atoms with Gasteiger partial charge in [0.05, 0.1) is 30.1 Å². The third-order valence-electron chi connectivity index (χ3n) is 5.32. The molecule has 0 aliphatic carbocycles. The molecule has 1 aromatic carbocycles. The van der Waals surface area contributed by atoms with Gasteiger partial charge in [0.1, 0.15) is 11.6 Å². The summed E-state index contributed by atoms with van der Waals surface area (Å²) >= 11 is 0. The number of aldehydes is 1. The lowest BCUT2D eigenvalue weighted by molar-refractivity contribution is 0.0999. The van der Waals surface area contributed by atoms with Gasteiger partial charge in [-0.05, 0) is 50.1 Å². The zero-order valence-electron chi connectivity index (χ0n) is 21.2. The fourth-order valence-corrected chi connectivity index (χ4v) is 3.36. The summed E-state index contributed by atoms with van der Waals surface area (Å²) in [6.07, 6.45) is 11.0. The predicted octanol–water partition coefficient (Wildman–Crippen LogP) is 3.19. The van der Waals surface area contributed by atoms with E-state index in [4.69, 9.17) is 16.2 Å². The summed E-state index contributed by atoms with van der Waals surface area (Å²) < 4.78 is 5.42. The van der Waals surface area contributed by atoms with Crippen LogP contribution in [0.2, 0.25) is 0 Å². The van der Waals surface area contributed by atoms with Gasteiger partial charge in [-0.25, -0.2) is 4.98 Å². The third-order valence-corrected chi connectivity index (χ3v) is 5.32. The maximum absolute atomic E-state index is 11.7. The van der Waals surface area contributed by atoms with Gasteiger partial charge in [0.15, 0.2) is 6.29 Å². The van der Waals surface area contributed by atoms with Crippen LogP contribution in [0.3, 0.4) is 0 Å². The van der Waals surface area contributed by atoms with Gasteiger partial charge in [0, 0.05) is 30.7 Å². The number of hydrogen-bond acceptors (Lipinski definition) is 10. The molecule has 196 valence electrons. The fraction of sp³-hybridized carbons (Fsp3) is 0.269. The molecule has 1 heterocycles. The number of benzene rings is 1. The first kappa shape index (κ1) is 28.6. The van der Waals surface area contributed by atoms with E-state index < -0.39 is 5.91 Å². The molecule has 11 heteroatoms. The summed E-state index contributed by atoms with van der Waals surface area (Å²) in [5.41, 5.74) is 13.4. The van der Waals surface area contributed by atoms with Crippen LogP contribution in [-0.2, 0) is 0 Å². The number of carbonyl (C=O) groups excluding carboxylic acids is 2. The van der Waals surface area contributed by atoms with E-state index in [9.17, 15) is 9.59 Å². The van der Waals surface area contributed by atoms with E-state index in [1.54, 1.807) is 25.4 Å². The van der Waals surface area contributed by atoms with E-state index in [0.29, 0.717) is 34.5 Å². The van der Waals surface area contributed by atoms with Crippen molar-refractivity contribution in [3.63, 3.8) is 0 Å². The minimum atomic E-state index is -0.582. The van der Waals surface area contributed by atoms with Crippen LogP contribution in [0, 0.1) is 6.92 Å². The van der Waals surface area contributed by atoms with E-state index in [1.807, 2.05) is 6.08 Å². The van der Waals surface area contributed by atoms with Gasteiger partial charge < -0.3 is 32.2 Å². The molecular formula is C26H34N8O3. The Balaban J connectivity index is 2.28.